The van der Waals surface area contributed by atoms with Gasteiger partial charge in [0.25, 0.3) is 0 Å². The number of carbonyl (C=O) groups excluding carboxylic acids is 1. The average Bonchev–Trinajstić information content (AvgIpc) is 3.56. The molecule has 6 rings (SSSR count). The minimum atomic E-state index is -0.222. The highest BCUT2D eigenvalue weighted by atomic mass is 16.2. The highest BCUT2D eigenvalue weighted by molar-refractivity contribution is 5.98. The first-order valence-corrected chi connectivity index (χ1v) is 11.9. The SMILES string of the molecule is CC(C)C(=O)N(N)c1cncc(-c2ccc3[nH]nc(-c4nc5c(-c6ccccc6)cncc5[nH]4)c3c2)c1. The lowest BCUT2D eigenvalue weighted by atomic mass is 10.0. The molecule has 0 saturated carbocycles. The van der Waals surface area contributed by atoms with E-state index in [1.54, 1.807) is 18.6 Å². The third kappa shape index (κ3) is 4.01. The summed E-state index contributed by atoms with van der Waals surface area (Å²) in [5.41, 5.74) is 7.51. The number of carbonyl (C=O) groups is 1. The lowest BCUT2D eigenvalue weighted by Crippen LogP contribution is -2.40. The number of H-pyrrole nitrogens is 2. The van der Waals surface area contributed by atoms with Crippen LogP contribution in [-0.2, 0) is 4.79 Å². The lowest BCUT2D eigenvalue weighted by Gasteiger charge is -2.19. The zero-order chi connectivity index (χ0) is 25.5. The van der Waals surface area contributed by atoms with Gasteiger partial charge in [0.15, 0.2) is 5.82 Å². The fourth-order valence-electron chi connectivity index (χ4n) is 4.37. The second-order valence-electron chi connectivity index (χ2n) is 9.16. The third-order valence-corrected chi connectivity index (χ3v) is 6.33. The number of nitrogens with one attached hydrogen (secondary N) is 2. The summed E-state index contributed by atoms with van der Waals surface area (Å²) in [7, 11) is 0. The predicted octanol–water partition coefficient (Wildman–Crippen LogP) is 5.09. The highest BCUT2D eigenvalue weighted by Gasteiger charge is 2.18. The van der Waals surface area contributed by atoms with Crippen LogP contribution < -0.4 is 10.9 Å². The van der Waals surface area contributed by atoms with E-state index in [1.165, 1.54) is 0 Å². The van der Waals surface area contributed by atoms with Crippen molar-refractivity contribution in [2.75, 3.05) is 5.01 Å². The van der Waals surface area contributed by atoms with Gasteiger partial charge in [-0.2, -0.15) is 5.10 Å². The molecule has 0 bridgehead atoms. The maximum Gasteiger partial charge on any atom is 0.243 e. The summed E-state index contributed by atoms with van der Waals surface area (Å²) in [5.74, 6) is 6.31. The van der Waals surface area contributed by atoms with Gasteiger partial charge in [0, 0.05) is 34.8 Å². The molecule has 0 unspecified atom stereocenters. The number of hydrogen-bond donors (Lipinski definition) is 3. The Bertz CT molecular complexity index is 1750. The maximum absolute atomic E-state index is 12.4. The number of nitrogens with zero attached hydrogens (tertiary/aromatic N) is 5. The minimum absolute atomic E-state index is 0.180. The van der Waals surface area contributed by atoms with Crippen molar-refractivity contribution < 1.29 is 4.79 Å². The number of hydrazine groups is 1. The Hall–Kier alpha value is -4.89. The van der Waals surface area contributed by atoms with Gasteiger partial charge >= 0.3 is 0 Å². The Labute approximate surface area is 212 Å². The molecular weight excluding hydrogens is 464 g/mol. The number of aromatic amines is 2. The summed E-state index contributed by atoms with van der Waals surface area (Å²) in [6.45, 7) is 3.62. The summed E-state index contributed by atoms with van der Waals surface area (Å²) in [6, 6.07) is 17.9. The summed E-state index contributed by atoms with van der Waals surface area (Å²) in [5, 5.41) is 9.71. The first-order chi connectivity index (χ1) is 18.0. The van der Waals surface area contributed by atoms with Crippen LogP contribution in [0.15, 0.2) is 79.4 Å². The molecule has 0 spiro atoms. The van der Waals surface area contributed by atoms with Crippen molar-refractivity contribution in [3.05, 3.63) is 79.4 Å². The number of benzene rings is 2. The lowest BCUT2D eigenvalue weighted by molar-refractivity contribution is -0.121. The number of fused-ring (bicyclic) bond motifs is 2. The molecule has 1 amide bonds. The molecule has 9 heteroatoms. The quantitative estimate of drug-likeness (QED) is 0.176. The van der Waals surface area contributed by atoms with E-state index < -0.39 is 0 Å². The Morgan fingerprint density at radius 1 is 0.892 bits per heavy atom. The van der Waals surface area contributed by atoms with Gasteiger partial charge in [0.2, 0.25) is 5.91 Å². The Kier molecular flexibility index (Phi) is 5.46. The number of aromatic nitrogens is 6. The van der Waals surface area contributed by atoms with E-state index in [2.05, 4.69) is 25.1 Å². The number of imidazole rings is 1. The van der Waals surface area contributed by atoms with Gasteiger partial charge in [-0.3, -0.25) is 19.9 Å². The Morgan fingerprint density at radius 3 is 2.51 bits per heavy atom. The van der Waals surface area contributed by atoms with Crippen molar-refractivity contribution in [2.45, 2.75) is 13.8 Å². The molecule has 4 heterocycles. The fourth-order valence-corrected chi connectivity index (χ4v) is 4.37. The van der Waals surface area contributed by atoms with Crippen LogP contribution >= 0.6 is 0 Å². The van der Waals surface area contributed by atoms with Crippen molar-refractivity contribution in [3.63, 3.8) is 0 Å². The van der Waals surface area contributed by atoms with Crippen LogP contribution in [0.25, 0.3) is 55.7 Å². The molecule has 4 N–H and O–H groups in total. The number of amides is 1. The fraction of sp³-hybridized carbons (Fsp3) is 0.107. The number of pyridine rings is 2. The van der Waals surface area contributed by atoms with Crippen LogP contribution in [0, 0.1) is 5.92 Å². The number of anilines is 1. The van der Waals surface area contributed by atoms with Crippen molar-refractivity contribution in [1.82, 2.24) is 30.1 Å². The minimum Gasteiger partial charge on any atom is -0.335 e. The van der Waals surface area contributed by atoms with E-state index in [9.17, 15) is 4.79 Å². The van der Waals surface area contributed by atoms with Gasteiger partial charge in [0.1, 0.15) is 5.69 Å². The molecule has 0 aliphatic carbocycles. The first-order valence-electron chi connectivity index (χ1n) is 11.9. The predicted molar refractivity (Wildman–Crippen MR) is 144 cm³/mol. The van der Waals surface area contributed by atoms with E-state index in [0.717, 1.165) is 49.2 Å². The molecule has 0 fully saturated rings. The molecule has 2 aromatic carbocycles. The smallest absolute Gasteiger partial charge is 0.243 e. The van der Waals surface area contributed by atoms with Gasteiger partial charge in [-0.25, -0.2) is 15.8 Å². The Balaban J connectivity index is 1.42. The number of nitrogens with two attached hydrogens (primary N) is 1. The maximum atomic E-state index is 12.4. The molecule has 6 aromatic rings. The average molecular weight is 489 g/mol. The molecule has 0 atom stereocenters. The van der Waals surface area contributed by atoms with Crippen LogP contribution in [0.4, 0.5) is 5.69 Å². The van der Waals surface area contributed by atoms with Crippen molar-refractivity contribution >= 4 is 33.5 Å². The van der Waals surface area contributed by atoms with E-state index in [-0.39, 0.29) is 11.8 Å². The Morgan fingerprint density at radius 2 is 1.70 bits per heavy atom. The largest absolute Gasteiger partial charge is 0.335 e. The van der Waals surface area contributed by atoms with Crippen LogP contribution in [0.2, 0.25) is 0 Å². The van der Waals surface area contributed by atoms with Crippen LogP contribution in [0.5, 0.6) is 0 Å². The van der Waals surface area contributed by atoms with Crippen LogP contribution in [0.1, 0.15) is 13.8 Å². The summed E-state index contributed by atoms with van der Waals surface area (Å²) in [6.07, 6.45) is 6.93. The molecule has 0 aliphatic rings. The van der Waals surface area contributed by atoms with Gasteiger partial charge in [-0.05, 0) is 29.3 Å². The van der Waals surface area contributed by atoms with Gasteiger partial charge in [0.05, 0.1) is 34.6 Å². The molecule has 0 aliphatic heterocycles. The second kappa shape index (κ2) is 8.96. The summed E-state index contributed by atoms with van der Waals surface area (Å²) in [4.78, 5) is 29.4. The van der Waals surface area contributed by atoms with Crippen molar-refractivity contribution in [2.24, 2.45) is 11.8 Å². The van der Waals surface area contributed by atoms with Gasteiger partial charge in [-0.15, -0.1) is 0 Å². The second-order valence-corrected chi connectivity index (χ2v) is 9.16. The number of hydrogen-bond acceptors (Lipinski definition) is 6. The normalized spacial score (nSPS) is 11.5. The monoisotopic (exact) mass is 488 g/mol. The highest BCUT2D eigenvalue weighted by Crippen LogP contribution is 2.33. The molecule has 0 saturated heterocycles. The zero-order valence-corrected chi connectivity index (χ0v) is 20.3. The third-order valence-electron chi connectivity index (χ3n) is 6.33. The number of rotatable bonds is 5. The summed E-state index contributed by atoms with van der Waals surface area (Å²) >= 11 is 0. The van der Waals surface area contributed by atoms with E-state index in [4.69, 9.17) is 10.8 Å². The molecule has 182 valence electrons. The standard InChI is InChI=1S/C28H24N8O/c1-16(2)28(37)36(29)20-10-19(12-30-13-20)18-8-9-23-21(11-18)26(35-34-23)27-32-24-15-31-14-22(25(24)33-27)17-6-4-3-5-7-17/h3-16H,29H2,1-2H3,(H,32,33)(H,34,35). The zero-order valence-electron chi connectivity index (χ0n) is 20.3. The van der Waals surface area contributed by atoms with Gasteiger partial charge in [-0.1, -0.05) is 50.2 Å². The molecule has 0 radical (unpaired) electrons. The molecular formula is C28H24N8O. The van der Waals surface area contributed by atoms with E-state index >= 15 is 0 Å². The van der Waals surface area contributed by atoms with E-state index in [1.807, 2.05) is 74.6 Å². The molecule has 9 nitrogen and oxygen atoms in total. The molecule has 4 aromatic heterocycles. The van der Waals surface area contributed by atoms with E-state index in [0.29, 0.717) is 17.2 Å². The first kappa shape index (κ1) is 22.6. The molecule has 37 heavy (non-hydrogen) atoms. The summed E-state index contributed by atoms with van der Waals surface area (Å²) < 4.78 is 0. The van der Waals surface area contributed by atoms with Crippen LogP contribution in [0.3, 0.4) is 0 Å². The van der Waals surface area contributed by atoms with Crippen LogP contribution in [-0.4, -0.2) is 36.0 Å². The van der Waals surface area contributed by atoms with Crippen molar-refractivity contribution in [1.29, 1.82) is 0 Å². The topological polar surface area (TPSA) is 129 Å². The van der Waals surface area contributed by atoms with Crippen molar-refractivity contribution in [3.8, 4) is 33.8 Å². The van der Waals surface area contributed by atoms with Gasteiger partial charge < -0.3 is 4.98 Å².